The molecular weight excluding hydrogens is 506 g/mol. The standard InChI is InChI=1S/C28H43N3O6S/c1-8-36-23(32)11-13-29-25(33)24(20-16-18(2)15-19(3)17-20)31(21-9-10-21)26(34)22(12-14-38-7)30-27(35)37-28(4,5)6/h15-17,21-22,24H,8-14H2,1-7H3,(H,29,33)(H,30,35). The fraction of sp³-hybridized carbons (Fsp3) is 0.643. The molecular formula is C28H43N3O6S. The van der Waals surface area contributed by atoms with Gasteiger partial charge in [0.05, 0.1) is 13.0 Å². The molecule has 0 radical (unpaired) electrons. The summed E-state index contributed by atoms with van der Waals surface area (Å²) >= 11 is 1.57. The van der Waals surface area contributed by atoms with Crippen LogP contribution in [0.25, 0.3) is 0 Å². The van der Waals surface area contributed by atoms with E-state index in [0.717, 1.165) is 24.0 Å². The maximum atomic E-state index is 14.1. The summed E-state index contributed by atoms with van der Waals surface area (Å²) < 4.78 is 10.4. The van der Waals surface area contributed by atoms with Gasteiger partial charge in [0.2, 0.25) is 11.8 Å². The number of hydrogen-bond donors (Lipinski definition) is 2. The number of amides is 3. The summed E-state index contributed by atoms with van der Waals surface area (Å²) in [4.78, 5) is 53.8. The van der Waals surface area contributed by atoms with Crippen LogP contribution in [0, 0.1) is 13.8 Å². The first-order valence-corrected chi connectivity index (χ1v) is 14.6. The predicted molar refractivity (Wildman–Crippen MR) is 149 cm³/mol. The maximum absolute atomic E-state index is 14.1. The van der Waals surface area contributed by atoms with Crippen LogP contribution < -0.4 is 10.6 Å². The predicted octanol–water partition coefficient (Wildman–Crippen LogP) is 4.05. The minimum atomic E-state index is -0.909. The minimum absolute atomic E-state index is 0.0348. The van der Waals surface area contributed by atoms with E-state index in [2.05, 4.69) is 10.6 Å². The number of benzene rings is 1. The quantitative estimate of drug-likeness (QED) is 0.357. The molecule has 38 heavy (non-hydrogen) atoms. The van der Waals surface area contributed by atoms with E-state index < -0.39 is 29.7 Å². The second-order valence-corrected chi connectivity index (χ2v) is 11.6. The van der Waals surface area contributed by atoms with E-state index in [1.807, 2.05) is 38.3 Å². The summed E-state index contributed by atoms with van der Waals surface area (Å²) in [6.45, 7) is 11.3. The van der Waals surface area contributed by atoms with Crippen molar-refractivity contribution in [3.8, 4) is 0 Å². The summed E-state index contributed by atoms with van der Waals surface area (Å²) in [7, 11) is 0. The van der Waals surface area contributed by atoms with Crippen molar-refractivity contribution in [2.24, 2.45) is 0 Å². The first-order valence-electron chi connectivity index (χ1n) is 13.2. The van der Waals surface area contributed by atoms with Gasteiger partial charge in [-0.3, -0.25) is 14.4 Å². The average molecular weight is 550 g/mol. The lowest BCUT2D eigenvalue weighted by molar-refractivity contribution is -0.144. The lowest BCUT2D eigenvalue weighted by Crippen LogP contribution is -2.54. The SMILES string of the molecule is CCOC(=O)CCNC(=O)C(c1cc(C)cc(C)c1)N(C(=O)C(CCSC)NC(=O)OC(C)(C)C)C1CC1. The van der Waals surface area contributed by atoms with Gasteiger partial charge in [-0.2, -0.15) is 11.8 Å². The van der Waals surface area contributed by atoms with Crippen molar-refractivity contribution in [3.05, 3.63) is 34.9 Å². The fourth-order valence-corrected chi connectivity index (χ4v) is 4.69. The minimum Gasteiger partial charge on any atom is -0.466 e. The molecule has 0 saturated heterocycles. The lowest BCUT2D eigenvalue weighted by Gasteiger charge is -2.35. The Morgan fingerprint density at radius 1 is 1.11 bits per heavy atom. The average Bonchev–Trinajstić information content (AvgIpc) is 3.63. The summed E-state index contributed by atoms with van der Waals surface area (Å²) in [5.74, 6) is -0.452. The fourth-order valence-electron chi connectivity index (χ4n) is 4.22. The molecule has 9 nitrogen and oxygen atoms in total. The van der Waals surface area contributed by atoms with Gasteiger partial charge in [-0.15, -0.1) is 0 Å². The van der Waals surface area contributed by atoms with E-state index in [4.69, 9.17) is 9.47 Å². The van der Waals surface area contributed by atoms with E-state index in [-0.39, 0.29) is 37.4 Å². The van der Waals surface area contributed by atoms with Crippen molar-refractivity contribution in [1.82, 2.24) is 15.5 Å². The smallest absolute Gasteiger partial charge is 0.408 e. The lowest BCUT2D eigenvalue weighted by atomic mass is 9.98. The van der Waals surface area contributed by atoms with Crippen molar-refractivity contribution >= 4 is 35.6 Å². The Kier molecular flexibility index (Phi) is 11.9. The molecule has 1 aromatic rings. The zero-order chi connectivity index (χ0) is 28.5. The van der Waals surface area contributed by atoms with Gasteiger partial charge >= 0.3 is 12.1 Å². The Morgan fingerprint density at radius 3 is 2.26 bits per heavy atom. The molecule has 1 aliphatic carbocycles. The molecule has 10 heteroatoms. The van der Waals surface area contributed by atoms with E-state index in [0.29, 0.717) is 17.7 Å². The molecule has 2 atom stereocenters. The number of carbonyl (C=O) groups excluding carboxylic acids is 4. The third-order valence-electron chi connectivity index (χ3n) is 5.81. The first-order chi connectivity index (χ1) is 17.9. The summed E-state index contributed by atoms with van der Waals surface area (Å²) in [6, 6.07) is 3.94. The molecule has 1 aromatic carbocycles. The molecule has 0 spiro atoms. The van der Waals surface area contributed by atoms with Crippen LogP contribution >= 0.6 is 11.8 Å². The summed E-state index contributed by atoms with van der Waals surface area (Å²) in [5.41, 5.74) is 1.92. The van der Waals surface area contributed by atoms with Gasteiger partial charge in [-0.1, -0.05) is 29.3 Å². The highest BCUT2D eigenvalue weighted by atomic mass is 32.2. The third-order valence-corrected chi connectivity index (χ3v) is 6.46. The highest BCUT2D eigenvalue weighted by Gasteiger charge is 2.44. The largest absolute Gasteiger partial charge is 0.466 e. The van der Waals surface area contributed by atoms with E-state index in [9.17, 15) is 19.2 Å². The Labute approximate surface area is 230 Å². The van der Waals surface area contributed by atoms with Crippen molar-refractivity contribution in [2.75, 3.05) is 25.2 Å². The van der Waals surface area contributed by atoms with Crippen LogP contribution in [0.4, 0.5) is 4.79 Å². The second-order valence-electron chi connectivity index (χ2n) is 10.6. The molecule has 1 fully saturated rings. The Bertz CT molecular complexity index is 969. The van der Waals surface area contributed by atoms with Crippen LogP contribution in [0.15, 0.2) is 18.2 Å². The highest BCUT2D eigenvalue weighted by Crippen LogP contribution is 2.36. The van der Waals surface area contributed by atoms with Crippen molar-refractivity contribution in [3.63, 3.8) is 0 Å². The van der Waals surface area contributed by atoms with Gasteiger partial charge in [0.1, 0.15) is 17.7 Å². The Balaban J connectivity index is 2.40. The molecule has 0 aliphatic heterocycles. The monoisotopic (exact) mass is 549 g/mol. The number of nitrogens with one attached hydrogen (secondary N) is 2. The van der Waals surface area contributed by atoms with E-state index in [1.165, 1.54) is 0 Å². The summed E-state index contributed by atoms with van der Waals surface area (Å²) in [6.07, 6.45) is 3.23. The highest BCUT2D eigenvalue weighted by molar-refractivity contribution is 7.98. The van der Waals surface area contributed by atoms with Crippen LogP contribution in [0.5, 0.6) is 0 Å². The molecule has 2 unspecified atom stereocenters. The zero-order valence-corrected chi connectivity index (χ0v) is 24.5. The molecule has 0 heterocycles. The number of carbonyl (C=O) groups is 4. The molecule has 0 aromatic heterocycles. The van der Waals surface area contributed by atoms with Gasteiger partial charge in [0.25, 0.3) is 0 Å². The number of alkyl carbamates (subject to hydrolysis) is 1. The second kappa shape index (κ2) is 14.4. The third kappa shape index (κ3) is 10.2. The number of rotatable bonds is 13. The molecule has 2 N–H and O–H groups in total. The van der Waals surface area contributed by atoms with Crippen LogP contribution in [-0.2, 0) is 23.9 Å². The van der Waals surface area contributed by atoms with Gasteiger partial charge in [0, 0.05) is 12.6 Å². The van der Waals surface area contributed by atoms with Crippen molar-refractivity contribution in [2.45, 2.75) is 91.0 Å². The molecule has 3 amide bonds. The Morgan fingerprint density at radius 2 is 1.74 bits per heavy atom. The molecule has 0 bridgehead atoms. The molecule has 1 aliphatic rings. The van der Waals surface area contributed by atoms with E-state index >= 15 is 0 Å². The molecule has 2 rings (SSSR count). The Hall–Kier alpha value is -2.75. The number of hydrogen-bond acceptors (Lipinski definition) is 7. The number of thioether (sulfide) groups is 1. The number of esters is 1. The van der Waals surface area contributed by atoms with Gasteiger partial charge in [-0.25, -0.2) is 4.79 Å². The van der Waals surface area contributed by atoms with Gasteiger partial charge in [-0.05, 0) is 78.4 Å². The maximum Gasteiger partial charge on any atom is 0.408 e. The first kappa shape index (κ1) is 31.5. The van der Waals surface area contributed by atoms with Crippen molar-refractivity contribution in [1.29, 1.82) is 0 Å². The van der Waals surface area contributed by atoms with Crippen LogP contribution in [0.1, 0.15) is 76.1 Å². The van der Waals surface area contributed by atoms with Crippen molar-refractivity contribution < 1.29 is 28.7 Å². The van der Waals surface area contributed by atoms with Gasteiger partial charge in [0.15, 0.2) is 0 Å². The van der Waals surface area contributed by atoms with Crippen LogP contribution in [0.3, 0.4) is 0 Å². The number of aryl methyl sites for hydroxylation is 2. The zero-order valence-electron chi connectivity index (χ0n) is 23.7. The van der Waals surface area contributed by atoms with Gasteiger partial charge < -0.3 is 25.0 Å². The topological polar surface area (TPSA) is 114 Å². The normalized spacial score (nSPS) is 14.7. The van der Waals surface area contributed by atoms with Crippen LogP contribution in [0.2, 0.25) is 0 Å². The molecule has 212 valence electrons. The number of nitrogens with zero attached hydrogens (tertiary/aromatic N) is 1. The number of ether oxygens (including phenoxy) is 2. The van der Waals surface area contributed by atoms with E-state index in [1.54, 1.807) is 44.4 Å². The molecule has 1 saturated carbocycles. The summed E-state index contributed by atoms with van der Waals surface area (Å²) in [5, 5.41) is 5.58. The van der Waals surface area contributed by atoms with Crippen LogP contribution in [-0.4, -0.2) is 71.6 Å².